The Morgan fingerprint density at radius 3 is 2.42 bits per heavy atom. The van der Waals surface area contributed by atoms with Crippen molar-refractivity contribution in [3.05, 3.63) is 62.6 Å². The molecule has 0 radical (unpaired) electrons. The number of rotatable bonds is 5. The minimum atomic E-state index is -0.684. The second-order valence-corrected chi connectivity index (χ2v) is 5.00. The number of nitro groups is 2. The fourth-order valence-corrected chi connectivity index (χ4v) is 2.28. The van der Waals surface area contributed by atoms with Crippen LogP contribution in [0.4, 0.5) is 11.4 Å². The van der Waals surface area contributed by atoms with Crippen molar-refractivity contribution in [2.75, 3.05) is 0 Å². The zero-order valence-electron chi connectivity index (χ0n) is 12.4. The molecule has 0 aliphatic heterocycles. The average molecular weight is 329 g/mol. The maximum atomic E-state index is 10.9. The molecule has 0 aliphatic carbocycles. The Kier molecular flexibility index (Phi) is 3.78. The number of non-ortho nitro benzene ring substituents is 2. The van der Waals surface area contributed by atoms with Gasteiger partial charge in [-0.05, 0) is 6.07 Å². The number of fused-ring (bicyclic) bond motifs is 1. The van der Waals surface area contributed by atoms with Gasteiger partial charge in [-0.1, -0.05) is 0 Å². The van der Waals surface area contributed by atoms with E-state index in [9.17, 15) is 20.2 Å². The molecule has 10 nitrogen and oxygen atoms in total. The van der Waals surface area contributed by atoms with Crippen LogP contribution in [0.15, 0.2) is 36.8 Å². The number of aromatic nitrogens is 3. The second kappa shape index (κ2) is 5.91. The molecule has 2 heterocycles. The molecule has 3 rings (SSSR count). The van der Waals surface area contributed by atoms with Crippen LogP contribution in [-0.2, 0) is 13.7 Å². The standard InChI is InChI=1S/C14H11N5O5/c1-17-8-16-12-2-3-15-14(13(12)17)24-7-9-4-10(18(20)21)6-11(5-9)19(22)23/h2-6,8H,7H2,1H3. The van der Waals surface area contributed by atoms with Crippen LogP contribution in [-0.4, -0.2) is 24.4 Å². The van der Waals surface area contributed by atoms with Crippen LogP contribution in [0.25, 0.3) is 11.0 Å². The minimum Gasteiger partial charge on any atom is -0.471 e. The lowest BCUT2D eigenvalue weighted by Crippen LogP contribution is -2.02. The summed E-state index contributed by atoms with van der Waals surface area (Å²) in [5.41, 5.74) is 0.922. The van der Waals surface area contributed by atoms with Gasteiger partial charge in [-0.25, -0.2) is 9.97 Å². The number of nitrogens with zero attached hydrogens (tertiary/aromatic N) is 5. The van der Waals surface area contributed by atoms with E-state index in [0.717, 1.165) is 6.07 Å². The molecule has 0 saturated carbocycles. The Labute approximate surface area is 134 Å². The van der Waals surface area contributed by atoms with Crippen molar-refractivity contribution in [1.82, 2.24) is 14.5 Å². The molecule has 0 amide bonds. The van der Waals surface area contributed by atoms with E-state index in [1.807, 2.05) is 0 Å². The van der Waals surface area contributed by atoms with Gasteiger partial charge in [0.2, 0.25) is 5.88 Å². The fraction of sp³-hybridized carbons (Fsp3) is 0.143. The average Bonchev–Trinajstić information content (AvgIpc) is 2.94. The number of nitro benzene ring substituents is 2. The smallest absolute Gasteiger partial charge is 0.276 e. The normalized spacial score (nSPS) is 10.7. The molecular weight excluding hydrogens is 318 g/mol. The Bertz CT molecular complexity index is 920. The Morgan fingerprint density at radius 1 is 1.12 bits per heavy atom. The molecule has 122 valence electrons. The van der Waals surface area contributed by atoms with Gasteiger partial charge in [0, 0.05) is 30.9 Å². The van der Waals surface area contributed by atoms with Crippen LogP contribution in [0.2, 0.25) is 0 Å². The molecule has 3 aromatic rings. The third-order valence-electron chi connectivity index (χ3n) is 3.35. The van der Waals surface area contributed by atoms with E-state index in [0.29, 0.717) is 22.5 Å². The predicted octanol–water partition coefficient (Wildman–Crippen LogP) is 2.36. The number of pyridine rings is 1. The maximum absolute atomic E-state index is 10.9. The van der Waals surface area contributed by atoms with Crippen molar-refractivity contribution in [1.29, 1.82) is 0 Å². The summed E-state index contributed by atoms with van der Waals surface area (Å²) < 4.78 is 7.33. The first-order valence-corrected chi connectivity index (χ1v) is 6.77. The van der Waals surface area contributed by atoms with Crippen LogP contribution in [0.5, 0.6) is 5.88 Å². The highest BCUT2D eigenvalue weighted by atomic mass is 16.6. The lowest BCUT2D eigenvalue weighted by atomic mass is 10.2. The number of benzene rings is 1. The molecule has 10 heteroatoms. The van der Waals surface area contributed by atoms with Gasteiger partial charge in [-0.2, -0.15) is 0 Å². The van der Waals surface area contributed by atoms with Crippen molar-refractivity contribution in [2.24, 2.45) is 7.05 Å². The quantitative estimate of drug-likeness (QED) is 0.519. The lowest BCUT2D eigenvalue weighted by Gasteiger charge is -2.07. The van der Waals surface area contributed by atoms with Gasteiger partial charge in [0.25, 0.3) is 11.4 Å². The summed E-state index contributed by atoms with van der Waals surface area (Å²) in [5.74, 6) is 0.293. The van der Waals surface area contributed by atoms with Gasteiger partial charge in [0.05, 0.1) is 27.8 Å². The van der Waals surface area contributed by atoms with E-state index in [1.54, 1.807) is 24.0 Å². The topological polar surface area (TPSA) is 126 Å². The number of hydrogen-bond acceptors (Lipinski definition) is 7. The van der Waals surface area contributed by atoms with Gasteiger partial charge >= 0.3 is 0 Å². The van der Waals surface area contributed by atoms with Crippen molar-refractivity contribution in [3.63, 3.8) is 0 Å². The first kappa shape index (κ1) is 15.3. The second-order valence-electron chi connectivity index (χ2n) is 5.00. The summed E-state index contributed by atoms with van der Waals surface area (Å²) in [6.45, 7) is -0.0974. The van der Waals surface area contributed by atoms with Crippen LogP contribution in [0.3, 0.4) is 0 Å². The summed E-state index contributed by atoms with van der Waals surface area (Å²) in [5, 5.41) is 21.8. The van der Waals surface area contributed by atoms with Gasteiger partial charge in [-0.15, -0.1) is 0 Å². The molecule has 2 aromatic heterocycles. The fourth-order valence-electron chi connectivity index (χ4n) is 2.28. The molecule has 0 aliphatic rings. The molecular formula is C14H11N5O5. The van der Waals surface area contributed by atoms with E-state index in [4.69, 9.17) is 4.74 Å². The van der Waals surface area contributed by atoms with E-state index in [-0.39, 0.29) is 18.0 Å². The summed E-state index contributed by atoms with van der Waals surface area (Å²) in [6, 6.07) is 5.09. The molecule has 1 aromatic carbocycles. The molecule has 0 unspecified atom stereocenters. The minimum absolute atomic E-state index is 0.0974. The highest BCUT2D eigenvalue weighted by Gasteiger charge is 2.17. The Morgan fingerprint density at radius 2 is 1.79 bits per heavy atom. The molecule has 0 fully saturated rings. The van der Waals surface area contributed by atoms with Crippen molar-refractivity contribution < 1.29 is 14.6 Å². The number of aryl methyl sites for hydroxylation is 1. The van der Waals surface area contributed by atoms with E-state index >= 15 is 0 Å². The van der Waals surface area contributed by atoms with Gasteiger partial charge in [0.1, 0.15) is 12.1 Å². The van der Waals surface area contributed by atoms with Crippen LogP contribution < -0.4 is 4.74 Å². The third-order valence-corrected chi connectivity index (χ3v) is 3.35. The summed E-state index contributed by atoms with van der Waals surface area (Å²) in [6.07, 6.45) is 3.14. The molecule has 0 N–H and O–H groups in total. The van der Waals surface area contributed by atoms with Crippen LogP contribution >= 0.6 is 0 Å². The SMILES string of the molecule is Cn1cnc2ccnc(OCc3cc([N+](=O)[O-])cc([N+](=O)[O-])c3)c21. The number of imidazole rings is 1. The lowest BCUT2D eigenvalue weighted by molar-refractivity contribution is -0.394. The number of hydrogen-bond donors (Lipinski definition) is 0. The largest absolute Gasteiger partial charge is 0.471 e. The van der Waals surface area contributed by atoms with Crippen molar-refractivity contribution in [3.8, 4) is 5.88 Å². The summed E-state index contributed by atoms with van der Waals surface area (Å²) in [7, 11) is 1.78. The first-order valence-electron chi connectivity index (χ1n) is 6.77. The Balaban J connectivity index is 1.92. The summed E-state index contributed by atoms with van der Waals surface area (Å²) >= 11 is 0. The highest BCUT2D eigenvalue weighted by molar-refractivity contribution is 5.79. The van der Waals surface area contributed by atoms with Crippen LogP contribution in [0, 0.1) is 20.2 Å². The first-order chi connectivity index (χ1) is 11.5. The molecule has 24 heavy (non-hydrogen) atoms. The van der Waals surface area contributed by atoms with Gasteiger partial charge < -0.3 is 9.30 Å². The molecule has 0 spiro atoms. The number of ether oxygens (including phenoxy) is 1. The van der Waals surface area contributed by atoms with Crippen molar-refractivity contribution in [2.45, 2.75) is 6.61 Å². The predicted molar refractivity (Wildman–Crippen MR) is 82.6 cm³/mol. The zero-order chi connectivity index (χ0) is 17.3. The van der Waals surface area contributed by atoms with Gasteiger partial charge in [-0.3, -0.25) is 20.2 Å². The van der Waals surface area contributed by atoms with Crippen LogP contribution in [0.1, 0.15) is 5.56 Å². The highest BCUT2D eigenvalue weighted by Crippen LogP contribution is 2.25. The zero-order valence-corrected chi connectivity index (χ0v) is 12.4. The third kappa shape index (κ3) is 2.84. The summed E-state index contributed by atoms with van der Waals surface area (Å²) in [4.78, 5) is 28.7. The molecule has 0 atom stereocenters. The van der Waals surface area contributed by atoms with E-state index in [1.165, 1.54) is 18.3 Å². The van der Waals surface area contributed by atoms with E-state index < -0.39 is 9.85 Å². The van der Waals surface area contributed by atoms with Crippen molar-refractivity contribution >= 4 is 22.4 Å². The maximum Gasteiger partial charge on any atom is 0.276 e. The van der Waals surface area contributed by atoms with Gasteiger partial charge in [0.15, 0.2) is 0 Å². The van der Waals surface area contributed by atoms with E-state index in [2.05, 4.69) is 9.97 Å². The Hall–Kier alpha value is -3.56. The molecule has 0 bridgehead atoms. The molecule has 0 saturated heterocycles. The monoisotopic (exact) mass is 329 g/mol.